The van der Waals surface area contributed by atoms with Crippen molar-refractivity contribution < 1.29 is 19.4 Å². The lowest BCUT2D eigenvalue weighted by Gasteiger charge is -2.27. The Morgan fingerprint density at radius 3 is 2.41 bits per heavy atom. The molecule has 0 radical (unpaired) electrons. The molecular weight excluding hydrogens is 282 g/mol. The monoisotopic (exact) mass is 305 g/mol. The van der Waals surface area contributed by atoms with Crippen LogP contribution < -0.4 is 5.32 Å². The fraction of sp³-hybridized carbons (Fsp3) is 0.529. The van der Waals surface area contributed by atoms with Crippen LogP contribution in [0.3, 0.4) is 0 Å². The highest BCUT2D eigenvalue weighted by Gasteiger charge is 2.32. The number of esters is 1. The first-order valence-corrected chi connectivity index (χ1v) is 7.78. The van der Waals surface area contributed by atoms with Crippen molar-refractivity contribution in [2.45, 2.75) is 57.3 Å². The van der Waals surface area contributed by atoms with E-state index in [-0.39, 0.29) is 12.0 Å². The summed E-state index contributed by atoms with van der Waals surface area (Å²) < 4.78 is 5.48. The largest absolute Gasteiger partial charge is 0.461 e. The minimum atomic E-state index is -1.12. The van der Waals surface area contributed by atoms with Gasteiger partial charge in [-0.05, 0) is 31.2 Å². The fourth-order valence-electron chi connectivity index (χ4n) is 2.75. The van der Waals surface area contributed by atoms with Gasteiger partial charge in [-0.3, -0.25) is 4.79 Å². The zero-order valence-electron chi connectivity index (χ0n) is 12.8. The summed E-state index contributed by atoms with van der Waals surface area (Å²) in [4.78, 5) is 23.7. The molecule has 1 aliphatic carbocycles. The van der Waals surface area contributed by atoms with Crippen LogP contribution in [0.4, 0.5) is 0 Å². The van der Waals surface area contributed by atoms with Gasteiger partial charge in [0.1, 0.15) is 12.2 Å². The summed E-state index contributed by atoms with van der Waals surface area (Å²) in [6.07, 6.45) is 3.71. The molecule has 1 aliphatic rings. The maximum atomic E-state index is 12.4. The number of rotatable bonds is 5. The first kappa shape index (κ1) is 16.5. The maximum absolute atomic E-state index is 12.4. The molecule has 22 heavy (non-hydrogen) atoms. The van der Waals surface area contributed by atoms with Gasteiger partial charge in [-0.2, -0.15) is 0 Å². The normalized spacial score (nSPS) is 18.3. The second-order valence-corrected chi connectivity index (χ2v) is 5.73. The van der Waals surface area contributed by atoms with Gasteiger partial charge >= 0.3 is 5.97 Å². The Labute approximate surface area is 130 Å². The molecule has 5 heteroatoms. The van der Waals surface area contributed by atoms with Gasteiger partial charge in [-0.1, -0.05) is 36.8 Å². The number of aliphatic hydroxyl groups is 1. The van der Waals surface area contributed by atoms with E-state index in [4.69, 9.17) is 4.74 Å². The molecule has 0 aromatic heterocycles. The second kappa shape index (κ2) is 7.94. The lowest BCUT2D eigenvalue weighted by Crippen LogP contribution is -2.46. The minimum Gasteiger partial charge on any atom is -0.461 e. The molecule has 1 saturated carbocycles. The van der Waals surface area contributed by atoms with Crippen molar-refractivity contribution in [3.8, 4) is 0 Å². The molecule has 2 atom stereocenters. The molecule has 1 aromatic rings. The van der Waals surface area contributed by atoms with Gasteiger partial charge in [0.2, 0.25) is 5.91 Å². The third-order valence-corrected chi connectivity index (χ3v) is 3.90. The predicted octanol–water partition coefficient (Wildman–Crippen LogP) is 2.10. The lowest BCUT2D eigenvalue weighted by atomic mass is 9.97. The van der Waals surface area contributed by atoms with Crippen molar-refractivity contribution in [3.63, 3.8) is 0 Å². The quantitative estimate of drug-likeness (QED) is 0.817. The van der Waals surface area contributed by atoms with Crippen LogP contribution in [0, 0.1) is 0 Å². The average molecular weight is 305 g/mol. The van der Waals surface area contributed by atoms with Gasteiger partial charge < -0.3 is 15.2 Å². The summed E-state index contributed by atoms with van der Waals surface area (Å²) in [5.41, 5.74) is 0.571. The minimum absolute atomic E-state index is 0.111. The molecule has 2 unspecified atom stereocenters. The van der Waals surface area contributed by atoms with E-state index in [1.165, 1.54) is 6.92 Å². The zero-order valence-corrected chi connectivity index (χ0v) is 12.8. The van der Waals surface area contributed by atoms with Crippen molar-refractivity contribution in [2.75, 3.05) is 0 Å². The van der Waals surface area contributed by atoms with Gasteiger partial charge in [0.05, 0.1) is 0 Å². The molecule has 0 heterocycles. The Hall–Kier alpha value is -1.88. The molecule has 120 valence electrons. The lowest BCUT2D eigenvalue weighted by molar-refractivity contribution is -0.157. The van der Waals surface area contributed by atoms with Crippen molar-refractivity contribution in [1.29, 1.82) is 0 Å². The third-order valence-electron chi connectivity index (χ3n) is 3.90. The van der Waals surface area contributed by atoms with E-state index in [9.17, 15) is 14.7 Å². The van der Waals surface area contributed by atoms with E-state index in [0.29, 0.717) is 5.56 Å². The summed E-state index contributed by atoms with van der Waals surface area (Å²) in [7, 11) is 0. The number of nitrogens with one attached hydrogen (secondary N) is 1. The number of carbonyl (C=O) groups is 2. The number of hydrogen-bond donors (Lipinski definition) is 2. The standard InChI is InChI=1S/C17H23NO4/c1-12(19)18-15(16(20)13-8-4-2-5-9-13)17(21)22-14-10-6-3-7-11-14/h2,4-5,8-9,14-16,20H,3,6-7,10-11H2,1H3,(H,18,19). The Bertz CT molecular complexity index is 497. The van der Waals surface area contributed by atoms with Gasteiger partial charge in [-0.25, -0.2) is 4.79 Å². The first-order chi connectivity index (χ1) is 10.6. The summed E-state index contributed by atoms with van der Waals surface area (Å²) in [6.45, 7) is 1.32. The number of hydrogen-bond acceptors (Lipinski definition) is 4. The van der Waals surface area contributed by atoms with E-state index in [1.54, 1.807) is 24.3 Å². The summed E-state index contributed by atoms with van der Waals surface area (Å²) in [5, 5.41) is 12.9. The van der Waals surface area contributed by atoms with Crippen LogP contribution in [0.25, 0.3) is 0 Å². The number of carbonyl (C=O) groups excluding carboxylic acids is 2. The van der Waals surface area contributed by atoms with Gasteiger partial charge in [0, 0.05) is 6.92 Å². The van der Waals surface area contributed by atoms with E-state index < -0.39 is 18.1 Å². The number of benzene rings is 1. The molecule has 0 aliphatic heterocycles. The van der Waals surface area contributed by atoms with Gasteiger partial charge in [0.25, 0.3) is 0 Å². The molecule has 0 bridgehead atoms. The van der Waals surface area contributed by atoms with Crippen LogP contribution in [-0.2, 0) is 14.3 Å². The SMILES string of the molecule is CC(=O)NC(C(=O)OC1CCCCC1)C(O)c1ccccc1. The zero-order chi connectivity index (χ0) is 15.9. The predicted molar refractivity (Wildman–Crippen MR) is 82.0 cm³/mol. The number of ether oxygens (including phenoxy) is 1. The number of amides is 1. The molecule has 0 saturated heterocycles. The van der Waals surface area contributed by atoms with E-state index >= 15 is 0 Å². The van der Waals surface area contributed by atoms with Crippen LogP contribution in [-0.4, -0.2) is 29.1 Å². The molecule has 1 amide bonds. The summed E-state index contributed by atoms with van der Waals surface area (Å²) >= 11 is 0. The van der Waals surface area contributed by atoms with Crippen molar-refractivity contribution in [3.05, 3.63) is 35.9 Å². The molecule has 5 nitrogen and oxygen atoms in total. The van der Waals surface area contributed by atoms with Crippen LogP contribution in [0.1, 0.15) is 50.7 Å². The Kier molecular flexibility index (Phi) is 5.95. The molecular formula is C17H23NO4. The number of aliphatic hydroxyl groups excluding tert-OH is 1. The van der Waals surface area contributed by atoms with Gasteiger partial charge in [0.15, 0.2) is 6.04 Å². The molecule has 1 fully saturated rings. The smallest absolute Gasteiger partial charge is 0.332 e. The van der Waals surface area contributed by atoms with E-state index in [0.717, 1.165) is 32.1 Å². The summed E-state index contributed by atoms with van der Waals surface area (Å²) in [6, 6.07) is 7.72. The van der Waals surface area contributed by atoms with Crippen LogP contribution in [0.15, 0.2) is 30.3 Å². The maximum Gasteiger partial charge on any atom is 0.332 e. The van der Waals surface area contributed by atoms with Crippen molar-refractivity contribution in [1.82, 2.24) is 5.32 Å². The van der Waals surface area contributed by atoms with E-state index in [2.05, 4.69) is 5.32 Å². The van der Waals surface area contributed by atoms with E-state index in [1.807, 2.05) is 6.07 Å². The highest BCUT2D eigenvalue weighted by Crippen LogP contribution is 2.23. The summed E-state index contributed by atoms with van der Waals surface area (Å²) in [5.74, 6) is -0.945. The second-order valence-electron chi connectivity index (χ2n) is 5.73. The first-order valence-electron chi connectivity index (χ1n) is 7.78. The third kappa shape index (κ3) is 4.56. The highest BCUT2D eigenvalue weighted by molar-refractivity contribution is 5.84. The Balaban J connectivity index is 2.07. The van der Waals surface area contributed by atoms with Crippen LogP contribution >= 0.6 is 0 Å². The van der Waals surface area contributed by atoms with Crippen molar-refractivity contribution in [2.24, 2.45) is 0 Å². The highest BCUT2D eigenvalue weighted by atomic mass is 16.5. The molecule has 2 N–H and O–H groups in total. The Morgan fingerprint density at radius 2 is 1.82 bits per heavy atom. The molecule has 2 rings (SSSR count). The van der Waals surface area contributed by atoms with Gasteiger partial charge in [-0.15, -0.1) is 0 Å². The molecule has 0 spiro atoms. The topological polar surface area (TPSA) is 75.6 Å². The Morgan fingerprint density at radius 1 is 1.18 bits per heavy atom. The average Bonchev–Trinajstić information content (AvgIpc) is 2.53. The van der Waals surface area contributed by atoms with Crippen molar-refractivity contribution >= 4 is 11.9 Å². The molecule has 1 aromatic carbocycles. The fourth-order valence-corrected chi connectivity index (χ4v) is 2.75. The van der Waals surface area contributed by atoms with Crippen LogP contribution in [0.2, 0.25) is 0 Å². The van der Waals surface area contributed by atoms with Crippen LogP contribution in [0.5, 0.6) is 0 Å².